The maximum absolute atomic E-state index is 12.2. The number of nitrogens with zero attached hydrogens (tertiary/aromatic N) is 1. The van der Waals surface area contributed by atoms with Gasteiger partial charge < -0.3 is 5.11 Å². The van der Waals surface area contributed by atoms with Crippen LogP contribution in [0.2, 0.25) is 0 Å². The van der Waals surface area contributed by atoms with E-state index < -0.39 is 21.5 Å². The van der Waals surface area contributed by atoms with Gasteiger partial charge >= 0.3 is 5.97 Å². The van der Waals surface area contributed by atoms with E-state index in [4.69, 9.17) is 5.11 Å². The first-order chi connectivity index (χ1) is 7.60. The molecule has 0 saturated carbocycles. The normalized spacial score (nSPS) is 13.0. The molecule has 5 nitrogen and oxygen atoms in total. The van der Waals surface area contributed by atoms with Gasteiger partial charge in [-0.05, 0) is 32.9 Å². The summed E-state index contributed by atoms with van der Waals surface area (Å²) in [5, 5.41) is 9.02. The van der Waals surface area contributed by atoms with Crippen LogP contribution in [0.3, 0.4) is 0 Å². The molecule has 0 aliphatic rings. The summed E-state index contributed by atoms with van der Waals surface area (Å²) in [6.07, 6.45) is 0. The third-order valence-corrected chi connectivity index (χ3v) is 6.14. The van der Waals surface area contributed by atoms with Crippen LogP contribution in [0.1, 0.15) is 18.7 Å². The summed E-state index contributed by atoms with van der Waals surface area (Å²) in [7, 11) is -2.47. The van der Waals surface area contributed by atoms with E-state index in [1.54, 1.807) is 13.0 Å². The Kier molecular flexibility index (Phi) is 3.66. The fourth-order valence-electron chi connectivity index (χ4n) is 1.12. The van der Waals surface area contributed by atoms with Crippen LogP contribution in [0.15, 0.2) is 16.3 Å². The molecule has 96 valence electrons. The molecule has 1 heterocycles. The molecule has 0 amide bonds. The largest absolute Gasteiger partial charge is 0.480 e. The monoisotopic (exact) mass is 277 g/mol. The zero-order valence-electron chi connectivity index (χ0n) is 10.1. The van der Waals surface area contributed by atoms with Crippen molar-refractivity contribution in [3.05, 3.63) is 17.0 Å². The topological polar surface area (TPSA) is 74.7 Å². The van der Waals surface area contributed by atoms with Crippen LogP contribution in [0.5, 0.6) is 0 Å². The Morgan fingerprint density at radius 3 is 2.29 bits per heavy atom. The van der Waals surface area contributed by atoms with Crippen LogP contribution in [0, 0.1) is 6.92 Å². The first kappa shape index (κ1) is 14.1. The Bertz CT molecular complexity index is 530. The quantitative estimate of drug-likeness (QED) is 0.906. The third-order valence-electron chi connectivity index (χ3n) is 2.64. The SMILES string of the molecule is Cc1ccc(S(=O)(=O)N(C)C(C)(C)C(=O)O)s1. The van der Waals surface area contributed by atoms with Gasteiger partial charge in [-0.15, -0.1) is 11.3 Å². The van der Waals surface area contributed by atoms with Crippen LogP contribution in [-0.4, -0.2) is 36.4 Å². The van der Waals surface area contributed by atoms with Crippen molar-refractivity contribution in [3.8, 4) is 0 Å². The van der Waals surface area contributed by atoms with Gasteiger partial charge in [0.1, 0.15) is 9.75 Å². The summed E-state index contributed by atoms with van der Waals surface area (Å²) in [5.74, 6) is -1.18. The van der Waals surface area contributed by atoms with Crippen molar-refractivity contribution in [1.29, 1.82) is 0 Å². The van der Waals surface area contributed by atoms with E-state index in [0.29, 0.717) is 0 Å². The molecule has 0 aromatic carbocycles. The molecule has 0 bridgehead atoms. The highest BCUT2D eigenvalue weighted by Crippen LogP contribution is 2.28. The minimum Gasteiger partial charge on any atom is -0.480 e. The number of likely N-dealkylation sites (N-methyl/N-ethyl adjacent to an activating group) is 1. The van der Waals surface area contributed by atoms with Gasteiger partial charge in [0.25, 0.3) is 10.0 Å². The predicted octanol–water partition coefficient (Wildman–Crippen LogP) is 1.54. The maximum atomic E-state index is 12.2. The summed E-state index contributed by atoms with van der Waals surface area (Å²) in [5.41, 5.74) is -1.48. The summed E-state index contributed by atoms with van der Waals surface area (Å²) in [6.45, 7) is 4.51. The van der Waals surface area contributed by atoms with Crippen molar-refractivity contribution in [2.45, 2.75) is 30.5 Å². The van der Waals surface area contributed by atoms with Gasteiger partial charge in [-0.1, -0.05) is 0 Å². The number of carboxylic acid groups (broad SMARTS) is 1. The molecule has 1 rings (SSSR count). The van der Waals surface area contributed by atoms with Gasteiger partial charge in [0.05, 0.1) is 0 Å². The average molecular weight is 277 g/mol. The van der Waals surface area contributed by atoms with Crippen molar-refractivity contribution < 1.29 is 18.3 Å². The lowest BCUT2D eigenvalue weighted by atomic mass is 10.1. The molecule has 1 N–H and O–H groups in total. The van der Waals surface area contributed by atoms with Crippen LogP contribution in [0.4, 0.5) is 0 Å². The number of aliphatic carboxylic acids is 1. The van der Waals surface area contributed by atoms with E-state index in [1.165, 1.54) is 27.0 Å². The zero-order chi connectivity index (χ0) is 13.4. The van der Waals surface area contributed by atoms with Gasteiger partial charge in [-0.25, -0.2) is 8.42 Å². The second-order valence-corrected chi connectivity index (χ2v) is 7.69. The minimum atomic E-state index is -3.75. The molecule has 1 aromatic rings. The fourth-order valence-corrected chi connectivity index (χ4v) is 4.05. The van der Waals surface area contributed by atoms with E-state index in [9.17, 15) is 13.2 Å². The van der Waals surface area contributed by atoms with Crippen molar-refractivity contribution in [2.75, 3.05) is 7.05 Å². The molecule has 0 aliphatic heterocycles. The molecule has 0 spiro atoms. The van der Waals surface area contributed by atoms with Crippen LogP contribution < -0.4 is 0 Å². The summed E-state index contributed by atoms with van der Waals surface area (Å²) < 4.78 is 25.4. The van der Waals surface area contributed by atoms with E-state index in [0.717, 1.165) is 20.5 Å². The minimum absolute atomic E-state index is 0.159. The number of sulfonamides is 1. The molecule has 0 atom stereocenters. The smallest absolute Gasteiger partial charge is 0.324 e. The molecule has 0 fully saturated rings. The first-order valence-electron chi connectivity index (χ1n) is 4.89. The average Bonchev–Trinajstić information content (AvgIpc) is 2.63. The lowest BCUT2D eigenvalue weighted by molar-refractivity contribution is -0.145. The van der Waals surface area contributed by atoms with E-state index in [2.05, 4.69) is 0 Å². The van der Waals surface area contributed by atoms with E-state index in [-0.39, 0.29) is 4.21 Å². The molecule has 1 aromatic heterocycles. The number of hydrogen-bond acceptors (Lipinski definition) is 4. The third kappa shape index (κ3) is 2.51. The van der Waals surface area contributed by atoms with E-state index >= 15 is 0 Å². The van der Waals surface area contributed by atoms with E-state index in [1.807, 2.05) is 0 Å². The Hall–Kier alpha value is -0.920. The highest BCUT2D eigenvalue weighted by atomic mass is 32.2. The van der Waals surface area contributed by atoms with Crippen LogP contribution in [-0.2, 0) is 14.8 Å². The number of thiophene rings is 1. The van der Waals surface area contributed by atoms with Gasteiger partial charge in [-0.2, -0.15) is 4.31 Å². The first-order valence-corrected chi connectivity index (χ1v) is 7.14. The molecular weight excluding hydrogens is 262 g/mol. The zero-order valence-corrected chi connectivity index (χ0v) is 11.7. The van der Waals surface area contributed by atoms with Crippen molar-refractivity contribution in [1.82, 2.24) is 4.31 Å². The number of rotatable bonds is 4. The molecule has 7 heteroatoms. The number of carboxylic acids is 1. The predicted molar refractivity (Wildman–Crippen MR) is 65.7 cm³/mol. The summed E-state index contributed by atoms with van der Waals surface area (Å²) in [6, 6.07) is 3.18. The molecule has 0 aliphatic carbocycles. The standard InChI is InChI=1S/C10H15NO4S2/c1-7-5-6-8(16-7)17(14,15)11(4)10(2,3)9(12)13/h5-6H,1-4H3,(H,12,13). The molecular formula is C10H15NO4S2. The molecule has 0 radical (unpaired) electrons. The summed E-state index contributed by atoms with van der Waals surface area (Å²) in [4.78, 5) is 11.9. The molecule has 17 heavy (non-hydrogen) atoms. The van der Waals surface area contributed by atoms with Gasteiger partial charge in [0.15, 0.2) is 0 Å². The van der Waals surface area contributed by atoms with Gasteiger partial charge in [0, 0.05) is 11.9 Å². The molecule has 0 saturated heterocycles. The van der Waals surface area contributed by atoms with Gasteiger partial charge in [0.2, 0.25) is 0 Å². The van der Waals surface area contributed by atoms with Crippen LogP contribution >= 0.6 is 11.3 Å². The summed E-state index contributed by atoms with van der Waals surface area (Å²) >= 11 is 1.13. The highest BCUT2D eigenvalue weighted by Gasteiger charge is 2.40. The number of hydrogen-bond donors (Lipinski definition) is 1. The van der Waals surface area contributed by atoms with Crippen molar-refractivity contribution >= 4 is 27.3 Å². The lowest BCUT2D eigenvalue weighted by Crippen LogP contribution is -2.50. The molecule has 0 unspecified atom stereocenters. The Morgan fingerprint density at radius 1 is 1.41 bits per heavy atom. The van der Waals surface area contributed by atoms with Crippen LogP contribution in [0.25, 0.3) is 0 Å². The second-order valence-electron chi connectivity index (χ2n) is 4.20. The highest BCUT2D eigenvalue weighted by molar-refractivity contribution is 7.91. The Morgan fingerprint density at radius 2 is 1.94 bits per heavy atom. The lowest BCUT2D eigenvalue weighted by Gasteiger charge is -2.29. The Labute approximate surface area is 105 Å². The second kappa shape index (κ2) is 4.40. The fraction of sp³-hybridized carbons (Fsp3) is 0.500. The number of carbonyl (C=O) groups is 1. The number of aryl methyl sites for hydroxylation is 1. The Balaban J connectivity index is 3.20. The van der Waals surface area contributed by atoms with Crippen molar-refractivity contribution in [3.63, 3.8) is 0 Å². The maximum Gasteiger partial charge on any atom is 0.324 e. The van der Waals surface area contributed by atoms with Crippen molar-refractivity contribution in [2.24, 2.45) is 0 Å². The van der Waals surface area contributed by atoms with Gasteiger partial charge in [-0.3, -0.25) is 4.79 Å².